The highest BCUT2D eigenvalue weighted by Gasteiger charge is 2.22. The summed E-state index contributed by atoms with van der Waals surface area (Å²) in [7, 11) is 2.81. The minimum Gasteiger partial charge on any atom is -0.496 e. The molecule has 2 rings (SSSR count). The number of methoxy groups -OCH3 is 2. The maximum atomic E-state index is 14.3. The number of hydrogen-bond donors (Lipinski definition) is 1. The van der Waals surface area contributed by atoms with Crippen molar-refractivity contribution in [3.05, 3.63) is 59.4 Å². The lowest BCUT2D eigenvalue weighted by molar-refractivity contribution is 0.207. The summed E-state index contributed by atoms with van der Waals surface area (Å²) in [5.74, 6) is -0.251. The highest BCUT2D eigenvalue weighted by molar-refractivity contribution is 5.46. The molecule has 100 valence electrons. The van der Waals surface area contributed by atoms with Gasteiger partial charge in [0, 0.05) is 0 Å². The molecule has 0 aromatic heterocycles. The lowest BCUT2D eigenvalue weighted by atomic mass is 9.99. The van der Waals surface area contributed by atoms with Gasteiger partial charge in [0.05, 0.1) is 19.8 Å². The molecule has 0 aliphatic rings. The smallest absolute Gasteiger partial charge is 0.174 e. The van der Waals surface area contributed by atoms with E-state index in [4.69, 9.17) is 9.47 Å². The lowest BCUT2D eigenvalue weighted by Crippen LogP contribution is -2.06. The average molecular weight is 262 g/mol. The highest BCUT2D eigenvalue weighted by atomic mass is 19.1. The fourth-order valence-corrected chi connectivity index (χ4v) is 1.95. The molecule has 2 aromatic carbocycles. The van der Waals surface area contributed by atoms with Crippen LogP contribution in [0.5, 0.6) is 11.5 Å². The third-order valence-electron chi connectivity index (χ3n) is 2.93. The first-order valence-electron chi connectivity index (χ1n) is 5.82. The quantitative estimate of drug-likeness (QED) is 0.920. The first kappa shape index (κ1) is 13.4. The molecule has 0 radical (unpaired) electrons. The highest BCUT2D eigenvalue weighted by Crippen LogP contribution is 2.36. The Morgan fingerprint density at radius 1 is 0.947 bits per heavy atom. The van der Waals surface area contributed by atoms with Gasteiger partial charge in [-0.25, -0.2) is 4.39 Å². The van der Waals surface area contributed by atoms with Gasteiger partial charge in [0.1, 0.15) is 11.9 Å². The van der Waals surface area contributed by atoms with Crippen molar-refractivity contribution in [3.63, 3.8) is 0 Å². The van der Waals surface area contributed by atoms with Gasteiger partial charge < -0.3 is 14.6 Å². The van der Waals surface area contributed by atoms with Crippen LogP contribution in [0.3, 0.4) is 0 Å². The molecule has 19 heavy (non-hydrogen) atoms. The van der Waals surface area contributed by atoms with Crippen molar-refractivity contribution in [1.82, 2.24) is 0 Å². The molecule has 4 heteroatoms. The van der Waals surface area contributed by atoms with Crippen molar-refractivity contribution in [3.8, 4) is 11.5 Å². The molecule has 2 aromatic rings. The number of ether oxygens (including phenoxy) is 2. The first-order chi connectivity index (χ1) is 9.19. The van der Waals surface area contributed by atoms with Crippen LogP contribution in [0.2, 0.25) is 0 Å². The Balaban J connectivity index is 2.54. The number of halogens is 1. The van der Waals surface area contributed by atoms with E-state index in [1.54, 1.807) is 30.3 Å². The topological polar surface area (TPSA) is 38.7 Å². The van der Waals surface area contributed by atoms with Gasteiger partial charge in [0.15, 0.2) is 11.6 Å². The van der Waals surface area contributed by atoms with Crippen molar-refractivity contribution in [2.24, 2.45) is 0 Å². The number of aliphatic hydroxyl groups is 1. The van der Waals surface area contributed by atoms with Gasteiger partial charge >= 0.3 is 0 Å². The Kier molecular flexibility index (Phi) is 4.02. The molecular formula is C15H15FO3. The molecule has 0 bridgehead atoms. The number of rotatable bonds is 4. The van der Waals surface area contributed by atoms with Crippen LogP contribution in [0.1, 0.15) is 17.2 Å². The predicted molar refractivity (Wildman–Crippen MR) is 70.0 cm³/mol. The third-order valence-corrected chi connectivity index (χ3v) is 2.93. The molecule has 0 fully saturated rings. The summed E-state index contributed by atoms with van der Waals surface area (Å²) < 4.78 is 24.3. The molecule has 0 amide bonds. The van der Waals surface area contributed by atoms with E-state index in [1.165, 1.54) is 20.3 Å². The normalized spacial score (nSPS) is 12.0. The van der Waals surface area contributed by atoms with Crippen molar-refractivity contribution < 1.29 is 19.0 Å². The second kappa shape index (κ2) is 5.71. The largest absolute Gasteiger partial charge is 0.496 e. The van der Waals surface area contributed by atoms with Crippen LogP contribution >= 0.6 is 0 Å². The lowest BCUT2D eigenvalue weighted by Gasteiger charge is -2.17. The van der Waals surface area contributed by atoms with Crippen molar-refractivity contribution in [1.29, 1.82) is 0 Å². The van der Waals surface area contributed by atoms with E-state index in [1.807, 2.05) is 6.07 Å². The van der Waals surface area contributed by atoms with E-state index in [9.17, 15) is 9.50 Å². The number of hydrogen-bond acceptors (Lipinski definition) is 3. The number of aliphatic hydroxyl groups excluding tert-OH is 1. The van der Waals surface area contributed by atoms with Crippen LogP contribution in [-0.2, 0) is 0 Å². The Labute approximate surface area is 111 Å². The van der Waals surface area contributed by atoms with Crippen molar-refractivity contribution in [2.45, 2.75) is 6.10 Å². The summed E-state index contributed by atoms with van der Waals surface area (Å²) in [6, 6.07) is 11.9. The minimum absolute atomic E-state index is 0.0748. The minimum atomic E-state index is -1.11. The SMILES string of the molecule is COc1ccc(OC)c(C(O)c2ccccc2)c1F. The monoisotopic (exact) mass is 262 g/mol. The van der Waals surface area contributed by atoms with Crippen LogP contribution in [0.4, 0.5) is 4.39 Å². The maximum Gasteiger partial charge on any atom is 0.174 e. The molecule has 3 nitrogen and oxygen atoms in total. The van der Waals surface area contributed by atoms with Gasteiger partial charge in [-0.2, -0.15) is 0 Å². The van der Waals surface area contributed by atoms with Gasteiger partial charge in [-0.15, -0.1) is 0 Å². The molecule has 0 aliphatic heterocycles. The number of benzene rings is 2. The van der Waals surface area contributed by atoms with Crippen LogP contribution in [-0.4, -0.2) is 19.3 Å². The average Bonchev–Trinajstić information content (AvgIpc) is 2.47. The molecule has 1 N–H and O–H groups in total. The summed E-state index contributed by atoms with van der Waals surface area (Å²) in [5, 5.41) is 10.3. The molecule has 1 atom stereocenters. The zero-order chi connectivity index (χ0) is 13.8. The van der Waals surface area contributed by atoms with Gasteiger partial charge in [-0.1, -0.05) is 30.3 Å². The van der Waals surface area contributed by atoms with Crippen LogP contribution < -0.4 is 9.47 Å². The van der Waals surface area contributed by atoms with E-state index in [0.717, 1.165) is 0 Å². The van der Waals surface area contributed by atoms with E-state index in [2.05, 4.69) is 0 Å². The molecule has 1 unspecified atom stereocenters. The summed E-state index contributed by atoms with van der Waals surface area (Å²) in [6.07, 6.45) is -1.11. The second-order valence-electron chi connectivity index (χ2n) is 4.01. The Hall–Kier alpha value is -2.07. The van der Waals surface area contributed by atoms with Crippen LogP contribution in [0, 0.1) is 5.82 Å². The standard InChI is InChI=1S/C15H15FO3/c1-18-11-8-9-12(19-2)14(16)13(11)15(17)10-6-4-3-5-7-10/h3-9,15,17H,1-2H3. The molecule has 0 spiro atoms. The van der Waals surface area contributed by atoms with Gasteiger partial charge in [0.25, 0.3) is 0 Å². The molecule has 0 saturated carbocycles. The molecule has 0 saturated heterocycles. The zero-order valence-electron chi connectivity index (χ0n) is 10.8. The second-order valence-corrected chi connectivity index (χ2v) is 4.01. The Morgan fingerprint density at radius 3 is 2.11 bits per heavy atom. The third kappa shape index (κ3) is 2.53. The van der Waals surface area contributed by atoms with Gasteiger partial charge in [0.2, 0.25) is 0 Å². The Bertz CT molecular complexity index is 555. The van der Waals surface area contributed by atoms with Crippen molar-refractivity contribution >= 4 is 0 Å². The fourth-order valence-electron chi connectivity index (χ4n) is 1.95. The van der Waals surface area contributed by atoms with Crippen molar-refractivity contribution in [2.75, 3.05) is 14.2 Å². The fraction of sp³-hybridized carbons (Fsp3) is 0.200. The first-order valence-corrected chi connectivity index (χ1v) is 5.82. The maximum absolute atomic E-state index is 14.3. The summed E-state index contributed by atoms with van der Waals surface area (Å²) >= 11 is 0. The van der Waals surface area contributed by atoms with Gasteiger partial charge in [-0.05, 0) is 17.7 Å². The van der Waals surface area contributed by atoms with Crippen LogP contribution in [0.25, 0.3) is 0 Å². The predicted octanol–water partition coefficient (Wildman–Crippen LogP) is 2.92. The van der Waals surface area contributed by atoms with E-state index in [0.29, 0.717) is 5.56 Å². The molecular weight excluding hydrogens is 247 g/mol. The zero-order valence-corrected chi connectivity index (χ0v) is 10.8. The molecule has 0 heterocycles. The van der Waals surface area contributed by atoms with E-state index >= 15 is 0 Å². The molecule has 0 aliphatic carbocycles. The van der Waals surface area contributed by atoms with E-state index < -0.39 is 11.9 Å². The van der Waals surface area contributed by atoms with Gasteiger partial charge in [-0.3, -0.25) is 0 Å². The Morgan fingerprint density at radius 2 is 1.53 bits per heavy atom. The van der Waals surface area contributed by atoms with E-state index in [-0.39, 0.29) is 17.1 Å². The van der Waals surface area contributed by atoms with Crippen LogP contribution in [0.15, 0.2) is 42.5 Å². The summed E-state index contributed by atoms with van der Waals surface area (Å²) in [6.45, 7) is 0. The summed E-state index contributed by atoms with van der Waals surface area (Å²) in [4.78, 5) is 0. The summed E-state index contributed by atoms with van der Waals surface area (Å²) in [5.41, 5.74) is 0.668.